The molecule has 246 valence electrons. The van der Waals surface area contributed by atoms with E-state index in [0.717, 1.165) is 22.1 Å². The number of ether oxygens (including phenoxy) is 1. The maximum absolute atomic E-state index is 15.4. The number of benzene rings is 1. The fourth-order valence-electron chi connectivity index (χ4n) is 7.42. The van der Waals surface area contributed by atoms with Crippen LogP contribution in [-0.4, -0.2) is 52.9 Å². The van der Waals surface area contributed by atoms with Gasteiger partial charge in [0.05, 0.1) is 41.2 Å². The second-order valence-corrected chi connectivity index (χ2v) is 19.6. The van der Waals surface area contributed by atoms with Gasteiger partial charge < -0.3 is 23.7 Å². The molecule has 0 saturated heterocycles. The molecule has 2 aromatic heterocycles. The smallest absolute Gasteiger partial charge is 0.343 e. The van der Waals surface area contributed by atoms with E-state index in [-0.39, 0.29) is 53.0 Å². The third-order valence-corrected chi connectivity index (χ3v) is 15.8. The van der Waals surface area contributed by atoms with Gasteiger partial charge in [0.25, 0.3) is 5.56 Å². The lowest BCUT2D eigenvalue weighted by Gasteiger charge is -2.46. The average molecular weight is 650 g/mol. The normalized spacial score (nSPS) is 21.9. The van der Waals surface area contributed by atoms with Crippen molar-refractivity contribution in [1.82, 2.24) is 14.5 Å². The molecule has 1 aromatic carbocycles. The molecule has 0 fully saturated rings. The maximum Gasteiger partial charge on any atom is 0.343 e. The number of pyridine rings is 2. The van der Waals surface area contributed by atoms with Crippen LogP contribution in [0.3, 0.4) is 0 Å². The lowest BCUT2D eigenvalue weighted by atomic mass is 9.73. The molecule has 0 unspecified atom stereocenters. The van der Waals surface area contributed by atoms with Gasteiger partial charge in [0, 0.05) is 36.0 Å². The SMILES string of the molecule is CC[C@@]1(O)C(=O)OCc2c1cc1n(c2=O)Cc2c-1nc1cc(F)c(C)c3c1c2[C@@](C)(N(CCO[Si](C)(C)C(C)(C)C)C(C)=O)CC3. The summed E-state index contributed by atoms with van der Waals surface area (Å²) in [6.45, 7) is 18.7. The number of fused-ring (bicyclic) bond motifs is 5. The Morgan fingerprint density at radius 1 is 1.22 bits per heavy atom. The molecule has 9 nitrogen and oxygen atoms in total. The lowest BCUT2D eigenvalue weighted by molar-refractivity contribution is -0.172. The van der Waals surface area contributed by atoms with E-state index in [1.165, 1.54) is 6.07 Å². The van der Waals surface area contributed by atoms with E-state index >= 15 is 4.39 Å². The molecule has 0 saturated carbocycles. The van der Waals surface area contributed by atoms with Crippen molar-refractivity contribution >= 4 is 31.1 Å². The number of nitrogens with zero attached hydrogens (tertiary/aromatic N) is 3. The Morgan fingerprint density at radius 3 is 2.54 bits per heavy atom. The summed E-state index contributed by atoms with van der Waals surface area (Å²) < 4.78 is 28.7. The number of halogens is 1. The Labute approximate surface area is 269 Å². The molecule has 3 aromatic rings. The minimum absolute atomic E-state index is 0.0131. The van der Waals surface area contributed by atoms with Crippen LogP contribution >= 0.6 is 0 Å². The number of aliphatic hydroxyl groups is 1. The van der Waals surface area contributed by atoms with E-state index in [4.69, 9.17) is 14.1 Å². The Morgan fingerprint density at radius 2 is 1.91 bits per heavy atom. The van der Waals surface area contributed by atoms with Gasteiger partial charge in [-0.3, -0.25) is 9.59 Å². The number of aryl methyl sites for hydroxylation is 1. The average Bonchev–Trinajstić information content (AvgIpc) is 3.34. The summed E-state index contributed by atoms with van der Waals surface area (Å²) in [6.07, 6.45) is 1.14. The zero-order valence-corrected chi connectivity index (χ0v) is 29.3. The molecule has 4 heterocycles. The first-order valence-corrected chi connectivity index (χ1v) is 19.0. The van der Waals surface area contributed by atoms with Crippen molar-refractivity contribution < 1.29 is 28.2 Å². The minimum Gasteiger partial charge on any atom is -0.458 e. The van der Waals surface area contributed by atoms with Gasteiger partial charge in [-0.15, -0.1) is 0 Å². The Kier molecular flexibility index (Phi) is 7.46. The first kappa shape index (κ1) is 32.5. The first-order chi connectivity index (χ1) is 21.4. The maximum atomic E-state index is 15.4. The first-order valence-electron chi connectivity index (χ1n) is 16.1. The monoisotopic (exact) mass is 649 g/mol. The number of amides is 1. The largest absolute Gasteiger partial charge is 0.458 e. The van der Waals surface area contributed by atoms with Crippen LogP contribution in [0, 0.1) is 12.7 Å². The van der Waals surface area contributed by atoms with E-state index in [2.05, 4.69) is 40.8 Å². The van der Waals surface area contributed by atoms with Gasteiger partial charge >= 0.3 is 5.97 Å². The molecule has 1 aliphatic carbocycles. The Hall–Kier alpha value is -3.41. The Bertz CT molecular complexity index is 1900. The molecule has 6 rings (SSSR count). The molecule has 2 aliphatic heterocycles. The zero-order valence-electron chi connectivity index (χ0n) is 28.3. The summed E-state index contributed by atoms with van der Waals surface area (Å²) in [4.78, 5) is 47.0. The quantitative estimate of drug-likeness (QED) is 0.215. The highest BCUT2D eigenvalue weighted by Gasteiger charge is 2.48. The van der Waals surface area contributed by atoms with Crippen LogP contribution in [0.1, 0.15) is 87.8 Å². The number of esters is 1. The third kappa shape index (κ3) is 4.52. The van der Waals surface area contributed by atoms with Gasteiger partial charge in [0.2, 0.25) is 5.91 Å². The second kappa shape index (κ2) is 10.5. The molecular weight excluding hydrogens is 605 g/mol. The highest BCUT2D eigenvalue weighted by Crippen LogP contribution is 2.50. The van der Waals surface area contributed by atoms with Crippen molar-refractivity contribution in [3.8, 4) is 11.4 Å². The van der Waals surface area contributed by atoms with E-state index in [9.17, 15) is 19.5 Å². The summed E-state index contributed by atoms with van der Waals surface area (Å²) in [7, 11) is -2.08. The number of hydrogen-bond donors (Lipinski definition) is 1. The van der Waals surface area contributed by atoms with Crippen LogP contribution in [0.2, 0.25) is 18.1 Å². The van der Waals surface area contributed by atoms with Crippen molar-refractivity contribution in [3.63, 3.8) is 0 Å². The zero-order chi connectivity index (χ0) is 33.7. The third-order valence-electron chi connectivity index (χ3n) is 11.3. The molecule has 0 spiro atoms. The van der Waals surface area contributed by atoms with Gasteiger partial charge in [0.15, 0.2) is 13.9 Å². The van der Waals surface area contributed by atoms with Crippen molar-refractivity contribution in [2.45, 2.75) is 110 Å². The molecule has 0 radical (unpaired) electrons. The molecule has 1 amide bonds. The highest BCUT2D eigenvalue weighted by molar-refractivity contribution is 6.74. The predicted molar refractivity (Wildman–Crippen MR) is 175 cm³/mol. The van der Waals surface area contributed by atoms with Crippen LogP contribution in [0.25, 0.3) is 22.3 Å². The van der Waals surface area contributed by atoms with E-state index in [0.29, 0.717) is 48.5 Å². The summed E-state index contributed by atoms with van der Waals surface area (Å²) in [5.41, 5.74) is 1.76. The number of carbonyl (C=O) groups excluding carboxylic acids is 2. The van der Waals surface area contributed by atoms with Gasteiger partial charge in [-0.2, -0.15) is 0 Å². The summed E-state index contributed by atoms with van der Waals surface area (Å²) in [5.74, 6) is -1.26. The van der Waals surface area contributed by atoms with Crippen LogP contribution in [0.4, 0.5) is 4.39 Å². The van der Waals surface area contributed by atoms with Crippen LogP contribution < -0.4 is 5.56 Å². The van der Waals surface area contributed by atoms with Crippen LogP contribution in [-0.2, 0) is 49.5 Å². The predicted octanol–water partition coefficient (Wildman–Crippen LogP) is 5.56. The number of carbonyl (C=O) groups is 2. The Balaban J connectivity index is 1.57. The second-order valence-electron chi connectivity index (χ2n) is 14.8. The molecule has 0 bridgehead atoms. The minimum atomic E-state index is -2.08. The molecule has 1 N–H and O–H groups in total. The summed E-state index contributed by atoms with van der Waals surface area (Å²) >= 11 is 0. The standard InChI is InChI=1S/C35H44FN3O6Si/c1-10-35(43)24-15-27-30-22(17-38(27)31(41)23(24)18-44-32(35)42)29-28-21(19(2)25(36)16-26(28)37-30)11-12-34(29,7)39(20(3)40)13-14-45-46(8,9)33(4,5)6/h15-16,43H,10-14,17-18H2,1-9H3/t34-,35-/m0/s1. The number of cyclic esters (lactones) is 1. The van der Waals surface area contributed by atoms with Crippen LogP contribution in [0.5, 0.6) is 0 Å². The van der Waals surface area contributed by atoms with E-state index < -0.39 is 25.4 Å². The molecule has 46 heavy (non-hydrogen) atoms. The number of rotatable bonds is 6. The van der Waals surface area contributed by atoms with Gasteiger partial charge in [-0.25, -0.2) is 14.2 Å². The van der Waals surface area contributed by atoms with Crippen molar-refractivity contribution in [2.24, 2.45) is 0 Å². The fraction of sp³-hybridized carbons (Fsp3) is 0.543. The lowest BCUT2D eigenvalue weighted by Crippen LogP contribution is -2.51. The van der Waals surface area contributed by atoms with E-state index in [1.807, 2.05) is 4.90 Å². The number of aromatic nitrogens is 2. The molecule has 11 heteroatoms. The van der Waals surface area contributed by atoms with Crippen molar-refractivity contribution in [1.29, 1.82) is 0 Å². The van der Waals surface area contributed by atoms with Gasteiger partial charge in [-0.1, -0.05) is 27.7 Å². The summed E-state index contributed by atoms with van der Waals surface area (Å²) in [6, 6.07) is 3.10. The molecular formula is C35H44FN3O6Si. The van der Waals surface area contributed by atoms with E-state index in [1.54, 1.807) is 31.4 Å². The summed E-state index contributed by atoms with van der Waals surface area (Å²) in [5, 5.41) is 12.2. The van der Waals surface area contributed by atoms with Crippen molar-refractivity contribution in [3.05, 3.63) is 61.7 Å². The highest BCUT2D eigenvalue weighted by atomic mass is 28.4. The van der Waals surface area contributed by atoms with Crippen molar-refractivity contribution in [2.75, 3.05) is 13.2 Å². The van der Waals surface area contributed by atoms with Gasteiger partial charge in [0.1, 0.15) is 12.4 Å². The van der Waals surface area contributed by atoms with Gasteiger partial charge in [-0.05, 0) is 74.0 Å². The molecule has 3 aliphatic rings. The topological polar surface area (TPSA) is 111 Å². The number of hydrogen-bond acceptors (Lipinski definition) is 7. The fourth-order valence-corrected chi connectivity index (χ4v) is 8.45. The molecule has 2 atom stereocenters. The van der Waals surface area contributed by atoms with Crippen LogP contribution in [0.15, 0.2) is 16.9 Å².